The van der Waals surface area contributed by atoms with Crippen molar-refractivity contribution in [3.05, 3.63) is 12.7 Å². The van der Waals surface area contributed by atoms with Crippen LogP contribution in [0, 0.1) is 5.92 Å². The maximum absolute atomic E-state index is 6.09. The van der Waals surface area contributed by atoms with Crippen LogP contribution in [0.2, 0.25) is 19.1 Å². The van der Waals surface area contributed by atoms with Crippen molar-refractivity contribution < 1.29 is 4.43 Å². The topological polar surface area (TPSA) is 9.23 Å². The molecule has 90 valence electrons. The van der Waals surface area contributed by atoms with Gasteiger partial charge in [0.05, 0.1) is 0 Å². The number of rotatable bonds is 9. The maximum Gasteiger partial charge on any atom is 0.190 e. The molecule has 0 spiro atoms. The summed E-state index contributed by atoms with van der Waals surface area (Å²) in [5.74, 6) is 0.765. The molecule has 0 rings (SSSR count). The van der Waals surface area contributed by atoms with Gasteiger partial charge >= 0.3 is 0 Å². The van der Waals surface area contributed by atoms with Crippen molar-refractivity contribution >= 4 is 8.32 Å². The van der Waals surface area contributed by atoms with E-state index >= 15 is 0 Å². The van der Waals surface area contributed by atoms with Crippen LogP contribution in [-0.2, 0) is 4.43 Å². The minimum atomic E-state index is -1.44. The van der Waals surface area contributed by atoms with Crippen molar-refractivity contribution in [1.82, 2.24) is 0 Å². The van der Waals surface area contributed by atoms with Crippen LogP contribution in [-0.4, -0.2) is 14.9 Å². The highest BCUT2D eigenvalue weighted by molar-refractivity contribution is 6.71. The molecule has 0 saturated heterocycles. The van der Waals surface area contributed by atoms with Gasteiger partial charge in [-0.1, -0.05) is 39.2 Å². The number of hydrogen-bond donors (Lipinski definition) is 0. The predicted octanol–water partition coefficient (Wildman–Crippen LogP) is 4.61. The Morgan fingerprint density at radius 1 is 1.33 bits per heavy atom. The minimum absolute atomic E-state index is 0.765. The van der Waals surface area contributed by atoms with Gasteiger partial charge in [0.15, 0.2) is 8.32 Å². The van der Waals surface area contributed by atoms with Crippen LogP contribution in [0.1, 0.15) is 39.5 Å². The van der Waals surface area contributed by atoms with Crippen LogP contribution in [0.15, 0.2) is 12.7 Å². The van der Waals surface area contributed by atoms with Gasteiger partial charge in [0.25, 0.3) is 0 Å². The molecule has 1 unspecified atom stereocenters. The molecule has 0 fully saturated rings. The highest BCUT2D eigenvalue weighted by Gasteiger charge is 2.21. The predicted molar refractivity (Wildman–Crippen MR) is 71.7 cm³/mol. The molecule has 0 radical (unpaired) electrons. The summed E-state index contributed by atoms with van der Waals surface area (Å²) in [7, 11) is -1.44. The van der Waals surface area contributed by atoms with Crippen LogP contribution in [0.25, 0.3) is 0 Å². The van der Waals surface area contributed by atoms with Crippen molar-refractivity contribution in [3.63, 3.8) is 0 Å². The van der Waals surface area contributed by atoms with Crippen LogP contribution >= 0.6 is 0 Å². The lowest BCUT2D eigenvalue weighted by Gasteiger charge is -2.25. The molecule has 0 aromatic carbocycles. The lowest BCUT2D eigenvalue weighted by Crippen LogP contribution is -2.31. The van der Waals surface area contributed by atoms with E-state index in [1.165, 1.54) is 25.7 Å². The molecule has 0 aromatic heterocycles. The molecule has 0 aromatic rings. The number of allylic oxidation sites excluding steroid dienone is 1. The van der Waals surface area contributed by atoms with E-state index in [4.69, 9.17) is 4.43 Å². The highest BCUT2D eigenvalue weighted by Crippen LogP contribution is 2.18. The number of unbranched alkanes of at least 4 members (excludes halogenated alkanes) is 1. The molecule has 0 amide bonds. The molecule has 0 aliphatic heterocycles. The van der Waals surface area contributed by atoms with Gasteiger partial charge in [0.1, 0.15) is 0 Å². The molecule has 0 heterocycles. The lowest BCUT2D eigenvalue weighted by atomic mass is 10.0. The van der Waals surface area contributed by atoms with Gasteiger partial charge in [-0.15, -0.1) is 6.58 Å². The largest absolute Gasteiger partial charge is 0.417 e. The van der Waals surface area contributed by atoms with Gasteiger partial charge in [0, 0.05) is 6.61 Å². The molecular formula is C13H28OSi. The summed E-state index contributed by atoms with van der Waals surface area (Å²) in [5.41, 5.74) is 0. The van der Waals surface area contributed by atoms with Crippen molar-refractivity contribution in [3.8, 4) is 0 Å². The molecule has 0 aliphatic rings. The second kappa shape index (κ2) is 8.11. The Morgan fingerprint density at radius 3 is 2.47 bits per heavy atom. The molecule has 0 bridgehead atoms. The molecular weight excluding hydrogens is 200 g/mol. The van der Waals surface area contributed by atoms with Gasteiger partial charge in [-0.05, 0) is 31.5 Å². The fourth-order valence-electron chi connectivity index (χ4n) is 1.65. The molecule has 1 nitrogen and oxygen atoms in total. The first kappa shape index (κ1) is 14.9. The van der Waals surface area contributed by atoms with Gasteiger partial charge in [-0.2, -0.15) is 0 Å². The minimum Gasteiger partial charge on any atom is -0.417 e. The highest BCUT2D eigenvalue weighted by atomic mass is 28.4. The zero-order chi connectivity index (χ0) is 11.7. The second-order valence-corrected chi connectivity index (χ2v) is 9.20. The first-order valence-electron chi connectivity index (χ1n) is 6.30. The van der Waals surface area contributed by atoms with Crippen molar-refractivity contribution in [2.75, 3.05) is 6.61 Å². The Kier molecular flexibility index (Phi) is 8.07. The van der Waals surface area contributed by atoms with E-state index < -0.39 is 8.32 Å². The van der Waals surface area contributed by atoms with E-state index in [2.05, 4.69) is 33.5 Å². The lowest BCUT2D eigenvalue weighted by molar-refractivity contribution is 0.226. The Hall–Kier alpha value is -0.0831. The third-order valence-corrected chi connectivity index (χ3v) is 5.11. The van der Waals surface area contributed by atoms with Crippen molar-refractivity contribution in [1.29, 1.82) is 0 Å². The fourth-order valence-corrected chi connectivity index (χ4v) is 3.15. The first-order valence-corrected chi connectivity index (χ1v) is 9.42. The summed E-state index contributed by atoms with van der Waals surface area (Å²) in [5, 5.41) is 0. The third-order valence-electron chi connectivity index (χ3n) is 2.89. The molecule has 15 heavy (non-hydrogen) atoms. The fraction of sp³-hybridized carbons (Fsp3) is 0.846. The van der Waals surface area contributed by atoms with Crippen LogP contribution in [0.4, 0.5) is 0 Å². The van der Waals surface area contributed by atoms with E-state index in [1.807, 2.05) is 6.08 Å². The average Bonchev–Trinajstić information content (AvgIpc) is 2.18. The molecule has 0 aliphatic carbocycles. The van der Waals surface area contributed by atoms with E-state index in [0.29, 0.717) is 0 Å². The molecule has 2 heteroatoms. The van der Waals surface area contributed by atoms with Crippen LogP contribution in [0.5, 0.6) is 0 Å². The maximum atomic E-state index is 6.09. The summed E-state index contributed by atoms with van der Waals surface area (Å²) >= 11 is 0. The Morgan fingerprint density at radius 2 is 2.00 bits per heavy atom. The van der Waals surface area contributed by atoms with Crippen molar-refractivity contribution in [2.24, 2.45) is 5.92 Å². The Bertz CT molecular complexity index is 166. The van der Waals surface area contributed by atoms with Gasteiger partial charge < -0.3 is 4.43 Å². The van der Waals surface area contributed by atoms with Crippen LogP contribution in [0.3, 0.4) is 0 Å². The van der Waals surface area contributed by atoms with Crippen LogP contribution < -0.4 is 0 Å². The van der Waals surface area contributed by atoms with Gasteiger partial charge in [0.2, 0.25) is 0 Å². The van der Waals surface area contributed by atoms with E-state index in [1.54, 1.807) is 0 Å². The van der Waals surface area contributed by atoms with Crippen molar-refractivity contribution in [2.45, 2.75) is 58.7 Å². The normalized spacial score (nSPS) is 13.9. The van der Waals surface area contributed by atoms with E-state index in [0.717, 1.165) is 18.6 Å². The molecule has 0 N–H and O–H groups in total. The van der Waals surface area contributed by atoms with E-state index in [-0.39, 0.29) is 0 Å². The summed E-state index contributed by atoms with van der Waals surface area (Å²) in [4.78, 5) is 0. The zero-order valence-electron chi connectivity index (χ0n) is 11.0. The summed E-state index contributed by atoms with van der Waals surface area (Å²) in [6.07, 6.45) is 7.21. The third kappa shape index (κ3) is 7.80. The summed E-state index contributed by atoms with van der Waals surface area (Å²) < 4.78 is 6.09. The smallest absolute Gasteiger partial charge is 0.190 e. The Balaban J connectivity index is 3.82. The van der Waals surface area contributed by atoms with Gasteiger partial charge in [-0.25, -0.2) is 0 Å². The molecule has 0 saturated carbocycles. The average molecular weight is 228 g/mol. The molecule has 1 atom stereocenters. The standard InChI is InChI=1S/C13H28OSi/c1-6-9-10-13(8-3)12-14-15(4,5)11-7-2/h7,13H,2,6,8-12H2,1,3-5H3. The van der Waals surface area contributed by atoms with E-state index in [9.17, 15) is 0 Å². The summed E-state index contributed by atoms with van der Waals surface area (Å²) in [6, 6.07) is 1.07. The zero-order valence-corrected chi connectivity index (χ0v) is 12.0. The SMILES string of the molecule is C=CC[Si](C)(C)OCC(CC)CCCC. The first-order chi connectivity index (χ1) is 7.05. The van der Waals surface area contributed by atoms with Gasteiger partial charge in [-0.3, -0.25) is 0 Å². The Labute approximate surface area is 97.0 Å². The monoisotopic (exact) mass is 228 g/mol. The number of hydrogen-bond acceptors (Lipinski definition) is 1. The summed E-state index contributed by atoms with van der Waals surface area (Å²) in [6.45, 7) is 13.8. The second-order valence-electron chi connectivity index (χ2n) is 4.98. The quantitative estimate of drug-likeness (QED) is 0.413.